The zero-order valence-electron chi connectivity index (χ0n) is 12.5. The Morgan fingerprint density at radius 3 is 2.21 bits per heavy atom. The Morgan fingerprint density at radius 1 is 1.32 bits per heavy atom. The molecule has 19 heavy (non-hydrogen) atoms. The van der Waals surface area contributed by atoms with Gasteiger partial charge in [-0.05, 0) is 26.3 Å². The van der Waals surface area contributed by atoms with E-state index in [1.165, 1.54) is 18.1 Å². The maximum Gasteiger partial charge on any atom is 0.306 e. The van der Waals surface area contributed by atoms with Crippen molar-refractivity contribution in [2.24, 2.45) is 0 Å². The van der Waals surface area contributed by atoms with Gasteiger partial charge in [-0.3, -0.25) is 4.79 Å². The summed E-state index contributed by atoms with van der Waals surface area (Å²) in [6, 6.07) is 10.1. The molecule has 0 N–H and O–H groups in total. The summed E-state index contributed by atoms with van der Waals surface area (Å²) in [7, 11) is 0. The summed E-state index contributed by atoms with van der Waals surface area (Å²) in [5, 5.41) is 7.32. The van der Waals surface area contributed by atoms with Crippen LogP contribution in [0.25, 0.3) is 0 Å². The summed E-state index contributed by atoms with van der Waals surface area (Å²) in [6.07, 6.45) is 1.18. The minimum absolute atomic E-state index is 0.142. The van der Waals surface area contributed by atoms with Gasteiger partial charge < -0.3 is 4.74 Å². The van der Waals surface area contributed by atoms with Gasteiger partial charge in [0.25, 0.3) is 0 Å². The van der Waals surface area contributed by atoms with Crippen LogP contribution in [0, 0.1) is 18.3 Å². The van der Waals surface area contributed by atoms with Gasteiger partial charge in [0.15, 0.2) is 0 Å². The van der Waals surface area contributed by atoms with Crippen LogP contribution in [0.1, 0.15) is 45.2 Å². The molecule has 0 amide bonds. The van der Waals surface area contributed by atoms with E-state index in [1.54, 1.807) is 6.07 Å². The quantitative estimate of drug-likeness (QED) is 0.775. The number of esters is 1. The van der Waals surface area contributed by atoms with Crippen LogP contribution in [0.15, 0.2) is 24.3 Å². The molecule has 0 fully saturated rings. The van der Waals surface area contributed by atoms with Crippen molar-refractivity contribution in [3.05, 3.63) is 35.4 Å². The summed E-state index contributed by atoms with van der Waals surface area (Å²) in [5.74, 6) is -0.142. The number of carbonyl (C=O) groups excluding carboxylic acids is 1. The van der Waals surface area contributed by atoms with Crippen LogP contribution >= 0.6 is 0 Å². The highest BCUT2D eigenvalue weighted by atomic mass is 16.6. The summed E-state index contributed by atoms with van der Waals surface area (Å²) in [6.45, 7) is 9.19. The molecule has 0 spiro atoms. The van der Waals surface area contributed by atoms with E-state index in [9.17, 15) is 4.79 Å². The lowest BCUT2D eigenvalue weighted by Crippen LogP contribution is -2.30. The molecule has 0 saturated heterocycles. The maximum absolute atomic E-state index is 11.2. The van der Waals surface area contributed by atoms with Crippen molar-refractivity contribution in [2.45, 2.75) is 53.1 Å². The number of aryl methyl sites for hydroxylation is 1. The molecule has 0 unspecified atom stereocenters. The van der Waals surface area contributed by atoms with Crippen molar-refractivity contribution in [1.82, 2.24) is 0 Å². The molecule has 0 aliphatic heterocycles. The summed E-state index contributed by atoms with van der Waals surface area (Å²) in [5.41, 5.74) is 2.01. The van der Waals surface area contributed by atoms with Gasteiger partial charge in [0.2, 0.25) is 0 Å². The molecule has 1 rings (SSSR count). The lowest BCUT2D eigenvalue weighted by molar-refractivity contribution is -0.155. The lowest BCUT2D eigenvalue weighted by atomic mass is 9.97. The standard InChI is InChI=1S/C14H20O2.C2H3N/c1-5-13(15)16-14(3,4)10-12-8-6-11(2)7-9-12;1-2-3/h6-9H,5,10H2,1-4H3;1H3. The summed E-state index contributed by atoms with van der Waals surface area (Å²) in [4.78, 5) is 11.2. The van der Waals surface area contributed by atoms with Gasteiger partial charge in [0.05, 0.1) is 6.07 Å². The second-order valence-electron chi connectivity index (χ2n) is 4.97. The zero-order chi connectivity index (χ0) is 14.9. The molecule has 0 bridgehead atoms. The van der Waals surface area contributed by atoms with E-state index >= 15 is 0 Å². The van der Waals surface area contributed by atoms with E-state index in [2.05, 4.69) is 31.2 Å². The molecule has 1 aromatic rings. The molecule has 0 radical (unpaired) electrons. The number of rotatable bonds is 4. The zero-order valence-corrected chi connectivity index (χ0v) is 12.5. The van der Waals surface area contributed by atoms with Gasteiger partial charge in [-0.15, -0.1) is 0 Å². The molecule has 1 aromatic carbocycles. The number of hydrogen-bond donors (Lipinski definition) is 0. The molecular weight excluding hydrogens is 238 g/mol. The first-order chi connectivity index (χ1) is 8.84. The van der Waals surface area contributed by atoms with Crippen molar-refractivity contribution in [1.29, 1.82) is 5.26 Å². The van der Waals surface area contributed by atoms with Crippen molar-refractivity contribution >= 4 is 5.97 Å². The number of ether oxygens (including phenoxy) is 1. The number of nitrogens with zero attached hydrogens (tertiary/aromatic N) is 1. The minimum atomic E-state index is -0.428. The third kappa shape index (κ3) is 7.99. The molecular formula is C16H23NO2. The highest BCUT2D eigenvalue weighted by molar-refractivity contribution is 5.69. The van der Waals surface area contributed by atoms with Gasteiger partial charge in [0.1, 0.15) is 5.60 Å². The van der Waals surface area contributed by atoms with Crippen LogP contribution < -0.4 is 0 Å². The predicted molar refractivity (Wildman–Crippen MR) is 76.6 cm³/mol. The van der Waals surface area contributed by atoms with Gasteiger partial charge in [-0.1, -0.05) is 36.8 Å². The molecule has 0 aliphatic carbocycles. The number of benzene rings is 1. The molecule has 3 heteroatoms. The minimum Gasteiger partial charge on any atom is -0.459 e. The largest absolute Gasteiger partial charge is 0.459 e. The van der Waals surface area contributed by atoms with Gasteiger partial charge in [0, 0.05) is 19.8 Å². The smallest absolute Gasteiger partial charge is 0.306 e. The van der Waals surface area contributed by atoms with Crippen LogP contribution in [0.5, 0.6) is 0 Å². The highest BCUT2D eigenvalue weighted by Crippen LogP contribution is 2.18. The molecule has 0 aliphatic rings. The summed E-state index contributed by atoms with van der Waals surface area (Å²) >= 11 is 0. The van der Waals surface area contributed by atoms with Gasteiger partial charge >= 0.3 is 5.97 Å². The van der Waals surface area contributed by atoms with E-state index in [0.717, 1.165) is 6.42 Å². The third-order valence-electron chi connectivity index (χ3n) is 2.43. The van der Waals surface area contributed by atoms with E-state index in [4.69, 9.17) is 10.00 Å². The molecule has 104 valence electrons. The highest BCUT2D eigenvalue weighted by Gasteiger charge is 2.22. The first-order valence-corrected chi connectivity index (χ1v) is 6.43. The van der Waals surface area contributed by atoms with Crippen LogP contribution in [0.4, 0.5) is 0 Å². The maximum atomic E-state index is 11.2. The molecule has 0 heterocycles. The first kappa shape index (κ1) is 17.2. The normalized spacial score (nSPS) is 9.89. The van der Waals surface area contributed by atoms with Crippen LogP contribution in [0.3, 0.4) is 0 Å². The lowest BCUT2D eigenvalue weighted by Gasteiger charge is -2.25. The monoisotopic (exact) mass is 261 g/mol. The van der Waals surface area contributed by atoms with E-state index in [1.807, 2.05) is 20.8 Å². The molecule has 0 saturated carbocycles. The van der Waals surface area contributed by atoms with Crippen LogP contribution in [-0.4, -0.2) is 11.6 Å². The third-order valence-corrected chi connectivity index (χ3v) is 2.43. The number of carbonyl (C=O) groups is 1. The van der Waals surface area contributed by atoms with Gasteiger partial charge in [-0.2, -0.15) is 5.26 Å². The SMILES string of the molecule is CC#N.CCC(=O)OC(C)(C)Cc1ccc(C)cc1. The fraction of sp³-hybridized carbons (Fsp3) is 0.500. The first-order valence-electron chi connectivity index (χ1n) is 6.43. The fourth-order valence-corrected chi connectivity index (χ4v) is 1.61. The Hall–Kier alpha value is -1.82. The Morgan fingerprint density at radius 2 is 1.79 bits per heavy atom. The number of hydrogen-bond acceptors (Lipinski definition) is 3. The topological polar surface area (TPSA) is 50.1 Å². The van der Waals surface area contributed by atoms with Crippen LogP contribution in [-0.2, 0) is 16.0 Å². The Labute approximate surface area is 116 Å². The van der Waals surface area contributed by atoms with Crippen molar-refractivity contribution < 1.29 is 9.53 Å². The van der Waals surface area contributed by atoms with Crippen molar-refractivity contribution in [3.8, 4) is 6.07 Å². The average Bonchev–Trinajstić information content (AvgIpc) is 2.32. The summed E-state index contributed by atoms with van der Waals surface area (Å²) < 4.78 is 5.38. The van der Waals surface area contributed by atoms with Crippen LogP contribution in [0.2, 0.25) is 0 Å². The van der Waals surface area contributed by atoms with Crippen molar-refractivity contribution in [3.63, 3.8) is 0 Å². The van der Waals surface area contributed by atoms with E-state index in [0.29, 0.717) is 6.42 Å². The van der Waals surface area contributed by atoms with E-state index in [-0.39, 0.29) is 5.97 Å². The number of nitriles is 1. The second kappa shape index (κ2) is 8.31. The second-order valence-corrected chi connectivity index (χ2v) is 4.97. The Kier molecular flexibility index (Phi) is 7.52. The molecule has 3 nitrogen and oxygen atoms in total. The van der Waals surface area contributed by atoms with Crippen molar-refractivity contribution in [2.75, 3.05) is 0 Å². The van der Waals surface area contributed by atoms with Gasteiger partial charge in [-0.25, -0.2) is 0 Å². The fourth-order valence-electron chi connectivity index (χ4n) is 1.61. The average molecular weight is 261 g/mol. The Balaban J connectivity index is 0.000000982. The molecule has 0 aromatic heterocycles. The predicted octanol–water partition coefficient (Wildman–Crippen LogP) is 3.80. The Bertz CT molecular complexity index is 427. The molecule has 0 atom stereocenters. The van der Waals surface area contributed by atoms with E-state index < -0.39 is 5.60 Å².